The highest BCUT2D eigenvalue weighted by atomic mass is 14.6. The largest absolute Gasteiger partial charge is 0.0639 e. The lowest BCUT2D eigenvalue weighted by atomic mass is 9.53. The Morgan fingerprint density at radius 3 is 1.62 bits per heavy atom. The molecule has 7 aromatic rings. The van der Waals surface area contributed by atoms with Crippen LogP contribution >= 0.6 is 0 Å². The lowest BCUT2D eigenvalue weighted by Crippen LogP contribution is -2.41. The summed E-state index contributed by atoms with van der Waals surface area (Å²) in [6, 6.07) is 59.7. The van der Waals surface area contributed by atoms with Crippen molar-refractivity contribution in [1.82, 2.24) is 0 Å². The molecule has 0 saturated heterocycles. The summed E-state index contributed by atoms with van der Waals surface area (Å²) in [7, 11) is 0. The molecule has 0 saturated carbocycles. The molecule has 0 aromatic heterocycles. The summed E-state index contributed by atoms with van der Waals surface area (Å²) in [5.41, 5.74) is 17.2. The number of aryl methyl sites for hydroxylation is 2. The van der Waals surface area contributed by atoms with E-state index >= 15 is 0 Å². The molecule has 0 amide bonds. The van der Waals surface area contributed by atoms with Gasteiger partial charge in [-0.15, -0.1) is 0 Å². The first-order valence-corrected chi connectivity index (χ1v) is 17.2. The van der Waals surface area contributed by atoms with Crippen molar-refractivity contribution in [3.8, 4) is 22.3 Å². The molecule has 0 radical (unpaired) electrons. The number of rotatable bonds is 5. The quantitative estimate of drug-likeness (QED) is 0.181. The fourth-order valence-electron chi connectivity index (χ4n) is 9.29. The third kappa shape index (κ3) is 4.15. The molecule has 0 fully saturated rings. The highest BCUT2D eigenvalue weighted by molar-refractivity contribution is 5.99. The van der Waals surface area contributed by atoms with E-state index in [4.69, 9.17) is 0 Å². The second-order valence-corrected chi connectivity index (χ2v) is 13.9. The van der Waals surface area contributed by atoms with E-state index in [1.54, 1.807) is 0 Å². The summed E-state index contributed by atoms with van der Waals surface area (Å²) in [5.74, 6) is 0.171. The van der Waals surface area contributed by atoms with E-state index in [1.165, 1.54) is 83.1 Å². The Morgan fingerprint density at radius 1 is 0.438 bits per heavy atom. The first-order valence-electron chi connectivity index (χ1n) is 17.2. The minimum atomic E-state index is -0.448. The van der Waals surface area contributed by atoms with Gasteiger partial charge in [0.1, 0.15) is 0 Å². The molecule has 0 nitrogen and oxygen atoms in total. The van der Waals surface area contributed by atoms with Gasteiger partial charge in [-0.3, -0.25) is 0 Å². The van der Waals surface area contributed by atoms with Gasteiger partial charge in [0, 0.05) is 17.3 Å². The highest BCUT2D eigenvalue weighted by Gasteiger charge is 2.55. The van der Waals surface area contributed by atoms with Gasteiger partial charge in [0.2, 0.25) is 0 Å². The molecule has 1 unspecified atom stereocenters. The number of benzene rings is 7. The smallest absolute Gasteiger partial charge is 0.0418 e. The molecule has 0 spiro atoms. The van der Waals surface area contributed by atoms with E-state index in [9.17, 15) is 0 Å². The summed E-state index contributed by atoms with van der Waals surface area (Å²) in [6.45, 7) is 6.86. The van der Waals surface area contributed by atoms with Crippen LogP contribution in [0.5, 0.6) is 0 Å². The van der Waals surface area contributed by atoms with E-state index in [0.29, 0.717) is 0 Å². The summed E-state index contributed by atoms with van der Waals surface area (Å²) in [6.07, 6.45) is 2.47. The maximum absolute atomic E-state index is 2.47. The molecule has 230 valence electrons. The Balaban J connectivity index is 1.45. The van der Waals surface area contributed by atoms with Crippen molar-refractivity contribution in [3.63, 3.8) is 0 Å². The Labute approximate surface area is 284 Å². The molecule has 0 aliphatic heterocycles. The Morgan fingerprint density at radius 2 is 0.979 bits per heavy atom. The van der Waals surface area contributed by atoms with Gasteiger partial charge in [-0.25, -0.2) is 0 Å². The lowest BCUT2D eigenvalue weighted by molar-refractivity contribution is 0.406. The molecule has 48 heavy (non-hydrogen) atoms. The van der Waals surface area contributed by atoms with Crippen molar-refractivity contribution in [2.45, 2.75) is 38.0 Å². The number of fused-ring (bicyclic) bond motifs is 5. The standard InChI is InChI=1S/C48H38/c1-31-24-26-40-41-27-25-32(2)29-44(41)47(43(40)28-31)48(36-17-6-4-7-18-36,37-19-8-5-9-20-37)46-33(3)30-35-16-13-23-42(45(35)46)39-22-12-15-34-14-10-11-21-38(34)39/h4-30,46-47H,1-3H3. The Kier molecular flexibility index (Phi) is 6.63. The van der Waals surface area contributed by atoms with E-state index in [-0.39, 0.29) is 11.8 Å². The molecule has 0 bridgehead atoms. The number of allylic oxidation sites excluding steroid dienone is 1. The van der Waals surface area contributed by atoms with Crippen LogP contribution in [-0.2, 0) is 5.41 Å². The molecule has 0 heteroatoms. The average Bonchev–Trinajstić information content (AvgIpc) is 3.63. The van der Waals surface area contributed by atoms with E-state index in [2.05, 4.69) is 185 Å². The van der Waals surface area contributed by atoms with Crippen molar-refractivity contribution in [1.29, 1.82) is 0 Å². The maximum atomic E-state index is 2.47. The third-order valence-electron chi connectivity index (χ3n) is 11.1. The van der Waals surface area contributed by atoms with Crippen LogP contribution < -0.4 is 0 Å². The fraction of sp³-hybridized carbons (Fsp3) is 0.125. The number of hydrogen-bond donors (Lipinski definition) is 0. The van der Waals surface area contributed by atoms with Crippen molar-refractivity contribution in [2.24, 2.45) is 0 Å². The van der Waals surface area contributed by atoms with Crippen LogP contribution in [0.25, 0.3) is 39.1 Å². The van der Waals surface area contributed by atoms with Gasteiger partial charge in [-0.1, -0.05) is 181 Å². The molecule has 1 atom stereocenters. The van der Waals surface area contributed by atoms with Gasteiger partial charge in [0.15, 0.2) is 0 Å². The summed E-state index contributed by atoms with van der Waals surface area (Å²) >= 11 is 0. The van der Waals surface area contributed by atoms with Crippen molar-refractivity contribution in [2.75, 3.05) is 0 Å². The molecule has 2 aliphatic carbocycles. The molecule has 7 aromatic carbocycles. The number of hydrogen-bond acceptors (Lipinski definition) is 0. The highest BCUT2D eigenvalue weighted by Crippen LogP contribution is 2.65. The first-order chi connectivity index (χ1) is 23.6. The maximum Gasteiger partial charge on any atom is 0.0418 e. The van der Waals surface area contributed by atoms with E-state index in [1.807, 2.05) is 0 Å². The van der Waals surface area contributed by atoms with E-state index in [0.717, 1.165) is 0 Å². The van der Waals surface area contributed by atoms with Crippen LogP contribution in [0.4, 0.5) is 0 Å². The molecule has 2 aliphatic rings. The van der Waals surface area contributed by atoms with Crippen LogP contribution in [0, 0.1) is 13.8 Å². The predicted octanol–water partition coefficient (Wildman–Crippen LogP) is 12.4. The molecular weight excluding hydrogens is 577 g/mol. The minimum Gasteiger partial charge on any atom is -0.0639 e. The first kappa shape index (κ1) is 28.7. The van der Waals surface area contributed by atoms with Crippen LogP contribution in [0.1, 0.15) is 63.3 Å². The van der Waals surface area contributed by atoms with E-state index < -0.39 is 5.41 Å². The van der Waals surface area contributed by atoms with Gasteiger partial charge in [0.25, 0.3) is 0 Å². The Bertz CT molecular complexity index is 2280. The van der Waals surface area contributed by atoms with Crippen LogP contribution in [0.2, 0.25) is 0 Å². The van der Waals surface area contributed by atoms with Gasteiger partial charge < -0.3 is 0 Å². The van der Waals surface area contributed by atoms with Gasteiger partial charge in [-0.05, 0) is 87.2 Å². The molecule has 0 heterocycles. The zero-order valence-electron chi connectivity index (χ0n) is 27.7. The normalized spacial score (nSPS) is 15.2. The van der Waals surface area contributed by atoms with Crippen molar-refractivity contribution in [3.05, 3.63) is 208 Å². The summed E-state index contributed by atoms with van der Waals surface area (Å²) in [4.78, 5) is 0. The molecular formula is C48H38. The predicted molar refractivity (Wildman–Crippen MR) is 203 cm³/mol. The van der Waals surface area contributed by atoms with Gasteiger partial charge in [-0.2, -0.15) is 0 Å². The third-order valence-corrected chi connectivity index (χ3v) is 11.1. The monoisotopic (exact) mass is 614 g/mol. The lowest BCUT2D eigenvalue weighted by Gasteiger charge is -2.48. The topological polar surface area (TPSA) is 0 Å². The molecule has 9 rings (SSSR count). The molecule has 0 N–H and O–H groups in total. The van der Waals surface area contributed by atoms with Crippen LogP contribution in [-0.4, -0.2) is 0 Å². The van der Waals surface area contributed by atoms with Crippen LogP contribution in [0.15, 0.2) is 163 Å². The van der Waals surface area contributed by atoms with Crippen LogP contribution in [0.3, 0.4) is 0 Å². The zero-order chi connectivity index (χ0) is 32.4. The second kappa shape index (κ2) is 11.1. The van der Waals surface area contributed by atoms with Gasteiger partial charge in [0.05, 0.1) is 0 Å². The summed E-state index contributed by atoms with van der Waals surface area (Å²) < 4.78 is 0. The van der Waals surface area contributed by atoms with Crippen molar-refractivity contribution < 1.29 is 0 Å². The van der Waals surface area contributed by atoms with Gasteiger partial charge >= 0.3 is 0 Å². The Hall–Kier alpha value is -5.46. The summed E-state index contributed by atoms with van der Waals surface area (Å²) in [5, 5.41) is 2.57. The second-order valence-electron chi connectivity index (χ2n) is 13.9. The SMILES string of the molecule is CC1=Cc2cccc(-c3cccc4ccccc34)c2C1C(c1ccccc1)(c1ccccc1)C1c2cc(C)ccc2-c2ccc(C)cc21. The minimum absolute atomic E-state index is 0.0808. The fourth-order valence-corrected chi connectivity index (χ4v) is 9.29. The van der Waals surface area contributed by atoms with Crippen molar-refractivity contribution >= 4 is 16.8 Å². The zero-order valence-corrected chi connectivity index (χ0v) is 27.7. The average molecular weight is 615 g/mol.